The number of nitrogens with zero attached hydrogens (tertiary/aromatic N) is 2. The third kappa shape index (κ3) is 2.30. The van der Waals surface area contributed by atoms with Gasteiger partial charge in [0.1, 0.15) is 5.75 Å². The molecule has 1 aromatic heterocycles. The van der Waals surface area contributed by atoms with Crippen molar-refractivity contribution in [3.8, 4) is 11.6 Å². The number of rotatable bonds is 3. The van der Waals surface area contributed by atoms with Crippen LogP contribution in [0.2, 0.25) is 5.02 Å². The van der Waals surface area contributed by atoms with E-state index in [4.69, 9.17) is 16.3 Å². The van der Waals surface area contributed by atoms with Crippen LogP contribution in [0.1, 0.15) is 11.6 Å². The topological polar surface area (TPSA) is 47.0 Å². The quantitative estimate of drug-likeness (QED) is 0.923. The lowest BCUT2D eigenvalue weighted by Gasteiger charge is -2.25. The molecule has 1 fully saturated rings. The van der Waals surface area contributed by atoms with Gasteiger partial charge in [-0.15, -0.1) is 5.10 Å². The molecule has 92 valence electrons. The number of hydrogen-bond donors (Lipinski definition) is 1. The molecule has 18 heavy (non-hydrogen) atoms. The fourth-order valence-corrected chi connectivity index (χ4v) is 1.91. The van der Waals surface area contributed by atoms with Crippen molar-refractivity contribution in [2.45, 2.75) is 5.92 Å². The van der Waals surface area contributed by atoms with Gasteiger partial charge in [0.25, 0.3) is 0 Å². The normalized spacial score (nSPS) is 15.2. The Kier molecular flexibility index (Phi) is 3.13. The molecule has 1 aliphatic heterocycles. The highest BCUT2D eigenvalue weighted by atomic mass is 35.5. The SMILES string of the molecule is Clc1ccccc1Oc1ccc(C2CNC2)nn1. The lowest BCUT2D eigenvalue weighted by Crippen LogP contribution is -2.40. The van der Waals surface area contributed by atoms with Crippen molar-refractivity contribution in [2.24, 2.45) is 0 Å². The summed E-state index contributed by atoms with van der Waals surface area (Å²) in [7, 11) is 0. The highest BCUT2D eigenvalue weighted by molar-refractivity contribution is 6.32. The van der Waals surface area contributed by atoms with Gasteiger partial charge in [-0.3, -0.25) is 0 Å². The van der Waals surface area contributed by atoms with Gasteiger partial charge in [0.15, 0.2) is 0 Å². The number of nitrogens with one attached hydrogen (secondary N) is 1. The first-order valence-electron chi connectivity index (χ1n) is 5.79. The van der Waals surface area contributed by atoms with Crippen molar-refractivity contribution < 1.29 is 4.74 Å². The van der Waals surface area contributed by atoms with Crippen molar-refractivity contribution in [3.63, 3.8) is 0 Å². The summed E-state index contributed by atoms with van der Waals surface area (Å²) < 4.78 is 5.57. The van der Waals surface area contributed by atoms with E-state index >= 15 is 0 Å². The predicted octanol–water partition coefficient (Wildman–Crippen LogP) is 2.61. The zero-order chi connectivity index (χ0) is 12.4. The van der Waals surface area contributed by atoms with Crippen LogP contribution in [0.3, 0.4) is 0 Å². The second-order valence-corrected chi connectivity index (χ2v) is 4.59. The number of halogens is 1. The Hall–Kier alpha value is -1.65. The Morgan fingerprint density at radius 1 is 1.11 bits per heavy atom. The van der Waals surface area contributed by atoms with Gasteiger partial charge in [-0.25, -0.2) is 0 Å². The van der Waals surface area contributed by atoms with Crippen LogP contribution in [0.5, 0.6) is 11.6 Å². The summed E-state index contributed by atoms with van der Waals surface area (Å²) >= 11 is 6.01. The number of para-hydroxylation sites is 1. The summed E-state index contributed by atoms with van der Waals surface area (Å²) in [6, 6.07) is 11.1. The van der Waals surface area contributed by atoms with Gasteiger partial charge in [0.05, 0.1) is 10.7 Å². The molecule has 1 aromatic carbocycles. The van der Waals surface area contributed by atoms with Crippen LogP contribution in [0, 0.1) is 0 Å². The van der Waals surface area contributed by atoms with E-state index in [-0.39, 0.29) is 0 Å². The number of hydrogen-bond acceptors (Lipinski definition) is 4. The summed E-state index contributed by atoms with van der Waals surface area (Å²) in [6.07, 6.45) is 0. The third-order valence-corrected chi connectivity index (χ3v) is 3.22. The fourth-order valence-electron chi connectivity index (χ4n) is 1.74. The van der Waals surface area contributed by atoms with Gasteiger partial charge < -0.3 is 10.1 Å². The third-order valence-electron chi connectivity index (χ3n) is 2.91. The molecular weight excluding hydrogens is 250 g/mol. The molecule has 0 unspecified atom stereocenters. The van der Waals surface area contributed by atoms with Crippen molar-refractivity contribution in [3.05, 3.63) is 47.1 Å². The van der Waals surface area contributed by atoms with Gasteiger partial charge in [-0.2, -0.15) is 5.10 Å². The van der Waals surface area contributed by atoms with Gasteiger partial charge in [-0.05, 0) is 18.2 Å². The van der Waals surface area contributed by atoms with E-state index in [9.17, 15) is 0 Å². The largest absolute Gasteiger partial charge is 0.436 e. The molecule has 0 aliphatic carbocycles. The van der Waals surface area contributed by atoms with E-state index in [0.29, 0.717) is 22.6 Å². The number of ether oxygens (including phenoxy) is 1. The maximum Gasteiger partial charge on any atom is 0.238 e. The molecule has 0 amide bonds. The van der Waals surface area contributed by atoms with Crippen LogP contribution in [0.4, 0.5) is 0 Å². The van der Waals surface area contributed by atoms with E-state index in [0.717, 1.165) is 18.8 Å². The zero-order valence-electron chi connectivity index (χ0n) is 9.64. The minimum absolute atomic E-state index is 0.458. The molecule has 0 bridgehead atoms. The molecule has 2 heterocycles. The van der Waals surface area contributed by atoms with Crippen LogP contribution in [0.15, 0.2) is 36.4 Å². The highest BCUT2D eigenvalue weighted by Crippen LogP contribution is 2.27. The van der Waals surface area contributed by atoms with E-state index in [1.807, 2.05) is 24.3 Å². The predicted molar refractivity (Wildman–Crippen MR) is 69.2 cm³/mol. The van der Waals surface area contributed by atoms with Crippen LogP contribution >= 0.6 is 11.6 Å². The Labute approximate surface area is 110 Å². The van der Waals surface area contributed by atoms with E-state index in [1.54, 1.807) is 12.1 Å². The summed E-state index contributed by atoms with van der Waals surface area (Å²) in [5, 5.41) is 12.0. The van der Waals surface area contributed by atoms with Crippen LogP contribution in [0.25, 0.3) is 0 Å². The van der Waals surface area contributed by atoms with E-state index in [1.165, 1.54) is 0 Å². The van der Waals surface area contributed by atoms with Crippen molar-refractivity contribution in [2.75, 3.05) is 13.1 Å². The molecule has 0 spiro atoms. The van der Waals surface area contributed by atoms with Crippen LogP contribution in [-0.4, -0.2) is 23.3 Å². The van der Waals surface area contributed by atoms with Crippen molar-refractivity contribution in [1.82, 2.24) is 15.5 Å². The van der Waals surface area contributed by atoms with E-state index in [2.05, 4.69) is 15.5 Å². The lowest BCUT2D eigenvalue weighted by atomic mass is 9.99. The van der Waals surface area contributed by atoms with Gasteiger partial charge in [0.2, 0.25) is 5.88 Å². The minimum Gasteiger partial charge on any atom is -0.436 e. The molecule has 5 heteroatoms. The Morgan fingerprint density at radius 3 is 2.56 bits per heavy atom. The second kappa shape index (κ2) is 4.92. The van der Waals surface area contributed by atoms with Crippen LogP contribution in [-0.2, 0) is 0 Å². The van der Waals surface area contributed by atoms with Gasteiger partial charge in [0, 0.05) is 25.1 Å². The lowest BCUT2D eigenvalue weighted by molar-refractivity contribution is 0.424. The van der Waals surface area contributed by atoms with Crippen molar-refractivity contribution in [1.29, 1.82) is 0 Å². The van der Waals surface area contributed by atoms with Gasteiger partial charge >= 0.3 is 0 Å². The molecule has 0 atom stereocenters. The molecule has 0 saturated carbocycles. The maximum absolute atomic E-state index is 6.01. The van der Waals surface area contributed by atoms with Gasteiger partial charge in [-0.1, -0.05) is 23.7 Å². The van der Waals surface area contributed by atoms with E-state index < -0.39 is 0 Å². The zero-order valence-corrected chi connectivity index (χ0v) is 10.4. The summed E-state index contributed by atoms with van der Waals surface area (Å²) in [5.74, 6) is 1.53. The van der Waals surface area contributed by atoms with Crippen LogP contribution < -0.4 is 10.1 Å². The highest BCUT2D eigenvalue weighted by Gasteiger charge is 2.20. The maximum atomic E-state index is 6.01. The monoisotopic (exact) mass is 261 g/mol. The Morgan fingerprint density at radius 2 is 1.94 bits per heavy atom. The molecule has 1 N–H and O–H groups in total. The average Bonchev–Trinajstić information content (AvgIpc) is 2.32. The molecule has 4 nitrogen and oxygen atoms in total. The standard InChI is InChI=1S/C13H12ClN3O/c14-10-3-1-2-4-12(10)18-13-6-5-11(16-17-13)9-7-15-8-9/h1-6,9,15H,7-8H2. The smallest absolute Gasteiger partial charge is 0.238 e. The fraction of sp³-hybridized carbons (Fsp3) is 0.231. The average molecular weight is 262 g/mol. The number of benzene rings is 1. The minimum atomic E-state index is 0.458. The Balaban J connectivity index is 1.75. The molecule has 1 aliphatic rings. The summed E-state index contributed by atoms with van der Waals surface area (Å²) in [4.78, 5) is 0. The second-order valence-electron chi connectivity index (χ2n) is 4.18. The Bertz CT molecular complexity index is 540. The molecule has 1 saturated heterocycles. The molecule has 2 aromatic rings. The first kappa shape index (κ1) is 11.4. The number of aromatic nitrogens is 2. The molecule has 3 rings (SSSR count). The first-order chi connectivity index (χ1) is 8.83. The van der Waals surface area contributed by atoms with Crippen molar-refractivity contribution >= 4 is 11.6 Å². The molecule has 0 radical (unpaired) electrons. The summed E-state index contributed by atoms with van der Waals surface area (Å²) in [5.41, 5.74) is 1.00. The molecular formula is C13H12ClN3O. The summed E-state index contributed by atoms with van der Waals surface area (Å²) in [6.45, 7) is 1.94. The first-order valence-corrected chi connectivity index (χ1v) is 6.17.